The highest BCUT2D eigenvalue weighted by Crippen LogP contribution is 2.39. The molecule has 3 aromatic rings. The van der Waals surface area contributed by atoms with E-state index in [1.165, 1.54) is 21.1 Å². The van der Waals surface area contributed by atoms with Crippen molar-refractivity contribution in [2.45, 2.75) is 89.8 Å². The third-order valence-corrected chi connectivity index (χ3v) is 15.9. The number of aryl methyl sites for hydroxylation is 1. The van der Waals surface area contributed by atoms with Gasteiger partial charge < -0.3 is 14.3 Å². The van der Waals surface area contributed by atoms with E-state index in [2.05, 4.69) is 66.0 Å². The molecule has 4 heterocycles. The van der Waals surface area contributed by atoms with E-state index < -0.39 is 41.6 Å². The molecule has 2 aromatic heterocycles. The summed E-state index contributed by atoms with van der Waals surface area (Å²) in [5, 5.41) is 3.18. The fourth-order valence-electron chi connectivity index (χ4n) is 6.18. The summed E-state index contributed by atoms with van der Waals surface area (Å²) in [6.07, 6.45) is -0.567. The number of piperidine rings is 1. The van der Waals surface area contributed by atoms with Crippen LogP contribution in [0.15, 0.2) is 30.6 Å². The van der Waals surface area contributed by atoms with Gasteiger partial charge in [0.15, 0.2) is 8.32 Å². The van der Waals surface area contributed by atoms with Crippen molar-refractivity contribution in [3.8, 4) is 17.1 Å². The van der Waals surface area contributed by atoms with Gasteiger partial charge in [-0.2, -0.15) is 13.2 Å². The van der Waals surface area contributed by atoms with Crippen molar-refractivity contribution < 1.29 is 30.4 Å². The van der Waals surface area contributed by atoms with Crippen molar-refractivity contribution in [1.29, 1.82) is 0 Å². The van der Waals surface area contributed by atoms with Crippen LogP contribution in [0.25, 0.3) is 17.1 Å². The molecule has 0 saturated carbocycles. The Hall–Kier alpha value is -2.92. The van der Waals surface area contributed by atoms with Gasteiger partial charge in [-0.15, -0.1) is 0 Å². The number of alkyl halides is 3. The summed E-state index contributed by atoms with van der Waals surface area (Å²) in [6, 6.07) is 4.76. The highest BCUT2D eigenvalue weighted by Gasteiger charge is 2.40. The maximum Gasteiger partial charge on any atom is 0.420 e. The van der Waals surface area contributed by atoms with E-state index in [1.807, 2.05) is 6.07 Å². The quantitative estimate of drug-likeness (QED) is 0.188. The van der Waals surface area contributed by atoms with E-state index in [9.17, 15) is 21.6 Å². The molecule has 2 aliphatic rings. The Morgan fingerprint density at radius 1 is 1.10 bits per heavy atom. The van der Waals surface area contributed by atoms with Gasteiger partial charge in [-0.25, -0.2) is 32.1 Å². The average Bonchev–Trinajstić information content (AvgIpc) is 3.34. The number of anilines is 1. The summed E-state index contributed by atoms with van der Waals surface area (Å²) < 4.78 is 90.8. The van der Waals surface area contributed by atoms with Gasteiger partial charge >= 0.3 is 6.18 Å². The van der Waals surface area contributed by atoms with Crippen molar-refractivity contribution in [1.82, 2.24) is 28.7 Å². The predicted molar refractivity (Wildman–Crippen MR) is 184 cm³/mol. The van der Waals surface area contributed by atoms with Crippen LogP contribution in [0.2, 0.25) is 18.1 Å². The van der Waals surface area contributed by atoms with Crippen LogP contribution in [0.5, 0.6) is 0 Å². The van der Waals surface area contributed by atoms with Gasteiger partial charge in [-0.1, -0.05) is 26.8 Å². The lowest BCUT2D eigenvalue weighted by molar-refractivity contribution is -0.137. The van der Waals surface area contributed by atoms with Crippen LogP contribution in [0.4, 0.5) is 23.5 Å². The molecule has 0 radical (unpaired) electrons. The fraction of sp³-hybridized carbons (Fsp3) is 0.606. The summed E-state index contributed by atoms with van der Waals surface area (Å²) in [7, 11) is -5.20. The SMILES string of the molecule is Cc1nc(-c2nc(NC3CCN(S(C)(=O)=O)CC3)ncc2C(F)(F)F)cn1-c1ccc(C2CN(C[C@H](C)O[Si](C)(C)C(C)(C)C)C2)cc1F. The topological polar surface area (TPSA) is 105 Å². The van der Waals surface area contributed by atoms with E-state index in [0.717, 1.165) is 31.5 Å². The summed E-state index contributed by atoms with van der Waals surface area (Å²) >= 11 is 0. The van der Waals surface area contributed by atoms with Gasteiger partial charge in [0.05, 0.1) is 18.0 Å². The Morgan fingerprint density at radius 3 is 2.33 bits per heavy atom. The van der Waals surface area contributed by atoms with Crippen LogP contribution in [-0.4, -0.2) is 96.6 Å². The summed E-state index contributed by atoms with van der Waals surface area (Å²) in [5.74, 6) is -0.0669. The molecule has 10 nitrogen and oxygen atoms in total. The van der Waals surface area contributed by atoms with Gasteiger partial charge in [0.1, 0.15) is 28.6 Å². The summed E-state index contributed by atoms with van der Waals surface area (Å²) in [5.41, 5.74) is -0.537. The van der Waals surface area contributed by atoms with E-state index in [0.29, 0.717) is 24.9 Å². The molecular weight excluding hydrogens is 679 g/mol. The van der Waals surface area contributed by atoms with E-state index in [4.69, 9.17) is 4.43 Å². The molecule has 5 rings (SSSR count). The Labute approximate surface area is 287 Å². The van der Waals surface area contributed by atoms with Crippen molar-refractivity contribution in [2.24, 2.45) is 0 Å². The van der Waals surface area contributed by atoms with Gasteiger partial charge in [0.2, 0.25) is 16.0 Å². The second-order valence-corrected chi connectivity index (χ2v) is 21.6. The van der Waals surface area contributed by atoms with Gasteiger partial charge in [-0.05, 0) is 62.5 Å². The highest BCUT2D eigenvalue weighted by molar-refractivity contribution is 7.88. The third-order valence-electron chi connectivity index (χ3n) is 9.95. The smallest absolute Gasteiger partial charge is 0.413 e. The summed E-state index contributed by atoms with van der Waals surface area (Å²) in [6.45, 7) is 17.8. The predicted octanol–water partition coefficient (Wildman–Crippen LogP) is 6.44. The Bertz CT molecular complexity index is 1760. The van der Waals surface area contributed by atoms with Crippen LogP contribution in [0, 0.1) is 12.7 Å². The number of nitrogens with zero attached hydrogens (tertiary/aromatic N) is 6. The van der Waals surface area contributed by atoms with Crippen molar-refractivity contribution in [2.75, 3.05) is 44.3 Å². The molecule has 1 aromatic carbocycles. The Morgan fingerprint density at radius 2 is 1.76 bits per heavy atom. The zero-order chi connectivity index (χ0) is 36.1. The second-order valence-electron chi connectivity index (χ2n) is 14.9. The molecule has 0 unspecified atom stereocenters. The monoisotopic (exact) mass is 725 g/mol. The van der Waals surface area contributed by atoms with Crippen LogP contribution in [0.3, 0.4) is 0 Å². The Kier molecular flexibility index (Phi) is 10.4. The molecule has 0 bridgehead atoms. The lowest BCUT2D eigenvalue weighted by Gasteiger charge is -2.44. The minimum absolute atomic E-state index is 0.0287. The molecule has 2 fully saturated rings. The van der Waals surface area contributed by atoms with Crippen molar-refractivity contribution in [3.63, 3.8) is 0 Å². The number of aromatic nitrogens is 4. The zero-order valence-corrected chi connectivity index (χ0v) is 31.2. The lowest BCUT2D eigenvalue weighted by Crippen LogP contribution is -2.51. The highest BCUT2D eigenvalue weighted by atomic mass is 32.2. The molecule has 270 valence electrons. The number of imidazole rings is 1. The molecule has 2 aliphatic heterocycles. The van der Waals surface area contributed by atoms with Crippen LogP contribution >= 0.6 is 0 Å². The number of hydrogen-bond acceptors (Lipinski definition) is 8. The van der Waals surface area contributed by atoms with E-state index >= 15 is 4.39 Å². The molecule has 1 N–H and O–H groups in total. The first-order valence-electron chi connectivity index (χ1n) is 16.5. The first kappa shape index (κ1) is 37.3. The molecule has 0 spiro atoms. The number of nitrogens with one attached hydrogen (secondary N) is 1. The van der Waals surface area contributed by atoms with Gasteiger partial charge in [0.25, 0.3) is 0 Å². The zero-order valence-electron chi connectivity index (χ0n) is 29.4. The molecular formula is C33H47F4N7O3SSi. The van der Waals surface area contributed by atoms with Crippen LogP contribution in [0.1, 0.15) is 63.4 Å². The van der Waals surface area contributed by atoms with Gasteiger partial charge in [0, 0.05) is 57.1 Å². The molecule has 16 heteroatoms. The second kappa shape index (κ2) is 13.7. The maximum absolute atomic E-state index is 15.6. The molecule has 49 heavy (non-hydrogen) atoms. The number of rotatable bonds is 10. The number of likely N-dealkylation sites (tertiary alicyclic amines) is 1. The minimum Gasteiger partial charge on any atom is -0.413 e. The third kappa shape index (κ3) is 8.52. The molecule has 0 aliphatic carbocycles. The number of hydrogen-bond donors (Lipinski definition) is 1. The number of benzene rings is 1. The maximum atomic E-state index is 15.6. The number of sulfonamides is 1. The first-order valence-corrected chi connectivity index (χ1v) is 21.3. The standard InChI is InChI=1S/C33H47F4N7O3SSi/c1-21(47-49(7,8)32(3,4)5)17-42-18-24(19-42)23-9-10-29(27(34)15-23)44-20-28(39-22(44)2)30-26(33(35,36)37)16-38-31(41-30)40-25-11-13-43(14-12-25)48(6,45)46/h9-10,15-16,20-21,24-25H,11-14,17-19H2,1-8H3,(H,38,40,41)/t21-/m0/s1. The van der Waals surface area contributed by atoms with Crippen molar-refractivity contribution >= 4 is 24.3 Å². The normalized spacial score (nSPS) is 18.4. The minimum atomic E-state index is -4.76. The molecule has 1 atom stereocenters. The van der Waals surface area contributed by atoms with Gasteiger partial charge in [-0.3, -0.25) is 4.90 Å². The van der Waals surface area contributed by atoms with Crippen LogP contribution < -0.4 is 5.32 Å². The van der Waals surface area contributed by atoms with E-state index in [1.54, 1.807) is 13.0 Å². The first-order chi connectivity index (χ1) is 22.6. The van der Waals surface area contributed by atoms with Crippen LogP contribution in [-0.2, 0) is 20.6 Å². The average molecular weight is 726 g/mol. The van der Waals surface area contributed by atoms with Crippen molar-refractivity contribution in [3.05, 3.63) is 53.4 Å². The Balaban J connectivity index is 1.29. The number of halogens is 4. The van der Waals surface area contributed by atoms with E-state index in [-0.39, 0.29) is 53.5 Å². The molecule has 0 amide bonds. The molecule has 2 saturated heterocycles. The summed E-state index contributed by atoms with van der Waals surface area (Å²) in [4.78, 5) is 14.8. The largest absolute Gasteiger partial charge is 0.420 e. The fourth-order valence-corrected chi connectivity index (χ4v) is 8.49. The lowest BCUT2D eigenvalue weighted by atomic mass is 9.91.